The Bertz CT molecular complexity index is 976. The highest BCUT2D eigenvalue weighted by atomic mass is 16.7. The number of hydrogen-bond acceptors (Lipinski definition) is 10. The summed E-state index contributed by atoms with van der Waals surface area (Å²) in [5.41, 5.74) is 0. The molecule has 9 unspecified atom stereocenters. The summed E-state index contributed by atoms with van der Waals surface area (Å²) < 4.78 is 11.0. The van der Waals surface area contributed by atoms with E-state index in [1.807, 2.05) is 0 Å². The molecule has 1 heterocycles. The molecule has 0 radical (unpaired) electrons. The van der Waals surface area contributed by atoms with Gasteiger partial charge in [0.15, 0.2) is 6.29 Å². The van der Waals surface area contributed by atoms with Crippen LogP contribution in [-0.2, 0) is 14.3 Å². The van der Waals surface area contributed by atoms with E-state index in [0.29, 0.717) is 19.3 Å². The number of nitrogens with one attached hydrogen (secondary N) is 1. The van der Waals surface area contributed by atoms with Gasteiger partial charge in [0.2, 0.25) is 5.91 Å². The highest BCUT2D eigenvalue weighted by Gasteiger charge is 2.44. The topological polar surface area (TPSA) is 189 Å². The number of carbonyl (C=O) groups is 1. The summed E-state index contributed by atoms with van der Waals surface area (Å²) in [5, 5.41) is 75.3. The SMILES string of the molecule is CCCCCCC/C=C/CC/C=C/CC/C=C/CCCC(O)C(O)C(COC1OC(CO)C(O)C(O)C1O)NC(=O)C(O)CCCCCCCCCCC. The van der Waals surface area contributed by atoms with Crippen molar-refractivity contribution in [2.24, 2.45) is 0 Å². The predicted molar refractivity (Wildman–Crippen MR) is 215 cm³/mol. The molecule has 1 aliphatic heterocycles. The largest absolute Gasteiger partial charge is 0.394 e. The third kappa shape index (κ3) is 23.4. The molecule has 0 aromatic rings. The zero-order valence-electron chi connectivity index (χ0n) is 33.7. The van der Waals surface area contributed by atoms with E-state index >= 15 is 0 Å². The van der Waals surface area contributed by atoms with Crippen LogP contribution in [0.25, 0.3) is 0 Å². The molecule has 316 valence electrons. The standard InChI is InChI=1S/C43H79NO10/c1-3-5-7-9-11-13-14-15-16-17-18-19-20-21-23-24-26-28-30-35(46)38(48)34(33-53-43-41(51)40(50)39(49)37(32-45)54-43)44-42(52)36(47)31-29-27-25-22-12-10-8-6-4-2/h14-15,18-19,23-24,34-41,43,45-51H,3-13,16-17,20-22,25-33H2,1-2H3,(H,44,52)/b15-14+,19-18+,24-23+. The van der Waals surface area contributed by atoms with Gasteiger partial charge in [0.25, 0.3) is 0 Å². The van der Waals surface area contributed by atoms with Crippen LogP contribution < -0.4 is 5.32 Å². The molecule has 54 heavy (non-hydrogen) atoms. The zero-order chi connectivity index (χ0) is 39.8. The van der Waals surface area contributed by atoms with Crippen molar-refractivity contribution < 1.29 is 50.0 Å². The Hall–Kier alpha value is -1.67. The number of carbonyl (C=O) groups excluding carboxylic acids is 1. The zero-order valence-corrected chi connectivity index (χ0v) is 33.7. The number of allylic oxidation sites excluding steroid dienone is 6. The van der Waals surface area contributed by atoms with Crippen LogP contribution in [0.15, 0.2) is 36.5 Å². The van der Waals surface area contributed by atoms with Crippen molar-refractivity contribution in [3.8, 4) is 0 Å². The maximum atomic E-state index is 13.0. The van der Waals surface area contributed by atoms with Gasteiger partial charge in [0, 0.05) is 0 Å². The van der Waals surface area contributed by atoms with Gasteiger partial charge in [0.1, 0.15) is 36.6 Å². The average molecular weight is 770 g/mol. The van der Waals surface area contributed by atoms with Crippen molar-refractivity contribution in [1.82, 2.24) is 5.32 Å². The van der Waals surface area contributed by atoms with Crippen LogP contribution >= 0.6 is 0 Å². The van der Waals surface area contributed by atoms with E-state index in [1.165, 1.54) is 70.6 Å². The quantitative estimate of drug-likeness (QED) is 0.0283. The van der Waals surface area contributed by atoms with E-state index in [9.17, 15) is 40.5 Å². The minimum Gasteiger partial charge on any atom is -0.394 e. The molecule has 1 aliphatic rings. The van der Waals surface area contributed by atoms with E-state index in [-0.39, 0.29) is 12.8 Å². The van der Waals surface area contributed by atoms with Gasteiger partial charge in [-0.25, -0.2) is 0 Å². The number of amides is 1. The molecule has 8 N–H and O–H groups in total. The first-order valence-electron chi connectivity index (χ1n) is 21.4. The first-order chi connectivity index (χ1) is 26.2. The van der Waals surface area contributed by atoms with Crippen LogP contribution in [0.1, 0.15) is 162 Å². The van der Waals surface area contributed by atoms with Crippen LogP contribution in [0.2, 0.25) is 0 Å². The van der Waals surface area contributed by atoms with Crippen molar-refractivity contribution in [3.05, 3.63) is 36.5 Å². The maximum Gasteiger partial charge on any atom is 0.249 e. The molecular formula is C43H79NO10. The fourth-order valence-electron chi connectivity index (χ4n) is 6.53. The third-order valence-electron chi connectivity index (χ3n) is 10.2. The van der Waals surface area contributed by atoms with Crippen molar-refractivity contribution in [2.45, 2.75) is 217 Å². The molecule has 1 saturated heterocycles. The summed E-state index contributed by atoms with van der Waals surface area (Å²) in [4.78, 5) is 13.0. The fourth-order valence-corrected chi connectivity index (χ4v) is 6.53. The van der Waals surface area contributed by atoms with Crippen molar-refractivity contribution >= 4 is 5.91 Å². The first-order valence-corrected chi connectivity index (χ1v) is 21.4. The Balaban J connectivity index is 2.53. The van der Waals surface area contributed by atoms with Gasteiger partial charge in [-0.05, 0) is 64.2 Å². The third-order valence-corrected chi connectivity index (χ3v) is 10.2. The molecule has 0 aromatic heterocycles. The lowest BCUT2D eigenvalue weighted by molar-refractivity contribution is -0.303. The molecule has 11 heteroatoms. The second-order valence-corrected chi connectivity index (χ2v) is 15.0. The van der Waals surface area contributed by atoms with Crippen LogP contribution in [0.3, 0.4) is 0 Å². The summed E-state index contributed by atoms with van der Waals surface area (Å²) in [6.45, 7) is 3.35. The lowest BCUT2D eigenvalue weighted by Gasteiger charge is -2.40. The van der Waals surface area contributed by atoms with Crippen molar-refractivity contribution in [1.29, 1.82) is 0 Å². The number of aliphatic hydroxyl groups excluding tert-OH is 7. The van der Waals surface area contributed by atoms with E-state index in [4.69, 9.17) is 9.47 Å². The summed E-state index contributed by atoms with van der Waals surface area (Å²) in [6, 6.07) is -1.19. The number of aliphatic hydroxyl groups is 7. The molecule has 0 saturated carbocycles. The van der Waals surface area contributed by atoms with Gasteiger partial charge in [-0.2, -0.15) is 0 Å². The normalized spacial score (nSPS) is 23.0. The second kappa shape index (κ2) is 33.5. The molecule has 1 rings (SSSR count). The second-order valence-electron chi connectivity index (χ2n) is 15.0. The van der Waals surface area contributed by atoms with Crippen LogP contribution in [0.5, 0.6) is 0 Å². The first kappa shape index (κ1) is 50.3. The highest BCUT2D eigenvalue weighted by Crippen LogP contribution is 2.23. The number of unbranched alkanes of at least 4 members (excludes halogenated alkanes) is 16. The van der Waals surface area contributed by atoms with Gasteiger partial charge < -0.3 is 50.5 Å². The molecule has 0 spiro atoms. The summed E-state index contributed by atoms with van der Waals surface area (Å²) >= 11 is 0. The maximum absolute atomic E-state index is 13.0. The summed E-state index contributed by atoms with van der Waals surface area (Å²) in [7, 11) is 0. The summed E-state index contributed by atoms with van der Waals surface area (Å²) in [5.74, 6) is -0.718. The lowest BCUT2D eigenvalue weighted by Crippen LogP contribution is -2.60. The smallest absolute Gasteiger partial charge is 0.249 e. The lowest BCUT2D eigenvalue weighted by atomic mass is 9.98. The minimum absolute atomic E-state index is 0.241. The van der Waals surface area contributed by atoms with Crippen molar-refractivity contribution in [2.75, 3.05) is 13.2 Å². The molecule has 1 fully saturated rings. The number of hydrogen-bond donors (Lipinski definition) is 8. The highest BCUT2D eigenvalue weighted by molar-refractivity contribution is 5.80. The minimum atomic E-state index is -1.67. The Morgan fingerprint density at radius 2 is 1.11 bits per heavy atom. The Morgan fingerprint density at radius 1 is 0.630 bits per heavy atom. The van der Waals surface area contributed by atoms with Crippen LogP contribution in [-0.4, -0.2) is 110 Å². The van der Waals surface area contributed by atoms with Gasteiger partial charge >= 0.3 is 0 Å². The molecule has 0 bridgehead atoms. The van der Waals surface area contributed by atoms with Gasteiger partial charge in [0.05, 0.1) is 25.4 Å². The average Bonchev–Trinajstić information content (AvgIpc) is 3.17. The van der Waals surface area contributed by atoms with Gasteiger partial charge in [-0.1, -0.05) is 134 Å². The molecule has 9 atom stereocenters. The summed E-state index contributed by atoms with van der Waals surface area (Å²) in [6.07, 6.45) is 25.0. The Kier molecular flexibility index (Phi) is 31.2. The van der Waals surface area contributed by atoms with Crippen LogP contribution in [0, 0.1) is 0 Å². The molecule has 0 aromatic carbocycles. The van der Waals surface area contributed by atoms with E-state index in [0.717, 1.165) is 44.9 Å². The predicted octanol–water partition coefficient (Wildman–Crippen LogP) is 6.05. The van der Waals surface area contributed by atoms with E-state index < -0.39 is 74.2 Å². The van der Waals surface area contributed by atoms with Gasteiger partial charge in [-0.3, -0.25) is 4.79 Å². The van der Waals surface area contributed by atoms with E-state index in [1.54, 1.807) is 0 Å². The van der Waals surface area contributed by atoms with Crippen molar-refractivity contribution in [3.63, 3.8) is 0 Å². The Morgan fingerprint density at radius 3 is 1.65 bits per heavy atom. The molecular weight excluding hydrogens is 690 g/mol. The van der Waals surface area contributed by atoms with Gasteiger partial charge in [-0.15, -0.1) is 0 Å². The van der Waals surface area contributed by atoms with Crippen LogP contribution in [0.4, 0.5) is 0 Å². The van der Waals surface area contributed by atoms with E-state index in [2.05, 4.69) is 55.6 Å². The number of ether oxygens (including phenoxy) is 2. The fraction of sp³-hybridized carbons (Fsp3) is 0.837. The molecule has 0 aliphatic carbocycles. The Labute approximate surface area is 326 Å². The molecule has 1 amide bonds. The number of rotatable bonds is 34. The monoisotopic (exact) mass is 770 g/mol. The molecule has 11 nitrogen and oxygen atoms in total.